The zero-order chi connectivity index (χ0) is 25.6. The first-order chi connectivity index (χ1) is 17.9. The Balaban J connectivity index is 1.09. The molecule has 0 saturated heterocycles. The van der Waals surface area contributed by atoms with Gasteiger partial charge in [0.15, 0.2) is 6.10 Å². The maximum atomic E-state index is 13.0. The van der Waals surface area contributed by atoms with Gasteiger partial charge in [0.1, 0.15) is 5.65 Å². The van der Waals surface area contributed by atoms with Gasteiger partial charge in [0.2, 0.25) is 11.7 Å². The molecule has 0 spiro atoms. The van der Waals surface area contributed by atoms with Gasteiger partial charge in [-0.1, -0.05) is 12.1 Å². The number of pyridine rings is 1. The number of carbonyl (C=O) groups is 3. The summed E-state index contributed by atoms with van der Waals surface area (Å²) < 4.78 is 5.57. The number of fused-ring (bicyclic) bond motifs is 1. The van der Waals surface area contributed by atoms with Gasteiger partial charge in [-0.2, -0.15) is 0 Å². The van der Waals surface area contributed by atoms with E-state index in [9.17, 15) is 14.4 Å². The molecule has 3 aromatic rings. The molecule has 7 rings (SSSR count). The van der Waals surface area contributed by atoms with Crippen LogP contribution in [0.25, 0.3) is 11.0 Å². The lowest BCUT2D eigenvalue weighted by molar-refractivity contribution is -0.124. The highest BCUT2D eigenvalue weighted by atomic mass is 32.2. The Bertz CT molecular complexity index is 1330. The number of rotatable bonds is 8. The van der Waals surface area contributed by atoms with Crippen LogP contribution in [0.4, 0.5) is 0 Å². The van der Waals surface area contributed by atoms with Gasteiger partial charge >= 0.3 is 5.97 Å². The maximum absolute atomic E-state index is 13.0. The second-order valence-corrected chi connectivity index (χ2v) is 12.1. The summed E-state index contributed by atoms with van der Waals surface area (Å²) in [4.78, 5) is 46.9. The Labute approximate surface area is 220 Å². The van der Waals surface area contributed by atoms with Crippen molar-refractivity contribution in [1.82, 2.24) is 15.3 Å². The molecule has 2 heterocycles. The van der Waals surface area contributed by atoms with Crippen LogP contribution in [0.3, 0.4) is 0 Å². The highest BCUT2D eigenvalue weighted by molar-refractivity contribution is 8.00. The van der Waals surface area contributed by atoms with E-state index in [-0.39, 0.29) is 23.0 Å². The van der Waals surface area contributed by atoms with Crippen LogP contribution in [0.1, 0.15) is 66.2 Å². The van der Waals surface area contributed by atoms with Gasteiger partial charge in [0.05, 0.1) is 11.3 Å². The zero-order valence-corrected chi connectivity index (χ0v) is 21.7. The van der Waals surface area contributed by atoms with E-state index in [1.165, 1.54) is 31.0 Å². The number of benzene rings is 1. The lowest BCUT2D eigenvalue weighted by Crippen LogP contribution is -2.60. The van der Waals surface area contributed by atoms with E-state index in [1.54, 1.807) is 43.6 Å². The predicted molar refractivity (Wildman–Crippen MR) is 142 cm³/mol. The van der Waals surface area contributed by atoms with Gasteiger partial charge in [-0.15, -0.1) is 11.8 Å². The minimum Gasteiger partial charge on any atom is -0.451 e. The number of ketones is 1. The number of thioether (sulfide) groups is 1. The fraction of sp³-hybridized carbons (Fsp3) is 0.448. The van der Waals surface area contributed by atoms with Crippen molar-refractivity contribution >= 4 is 40.5 Å². The number of nitrogens with one attached hydrogen (secondary N) is 2. The van der Waals surface area contributed by atoms with Gasteiger partial charge in [0.25, 0.3) is 0 Å². The molecule has 1 atom stereocenters. The van der Waals surface area contributed by atoms with Crippen LogP contribution in [0.5, 0.6) is 0 Å². The number of esters is 1. The van der Waals surface area contributed by atoms with E-state index >= 15 is 0 Å². The van der Waals surface area contributed by atoms with Crippen LogP contribution >= 0.6 is 11.8 Å². The van der Waals surface area contributed by atoms with Crippen molar-refractivity contribution in [3.05, 3.63) is 59.9 Å². The van der Waals surface area contributed by atoms with E-state index in [1.807, 2.05) is 12.1 Å². The average Bonchev–Trinajstić information content (AvgIpc) is 3.30. The number of aromatic amines is 1. The van der Waals surface area contributed by atoms with E-state index in [0.29, 0.717) is 27.1 Å². The molecule has 37 heavy (non-hydrogen) atoms. The molecule has 4 saturated carbocycles. The Morgan fingerprint density at radius 2 is 1.76 bits per heavy atom. The number of hydrogen-bond acceptors (Lipinski definition) is 6. The topological polar surface area (TPSA) is 101 Å². The SMILES string of the molecule is CC(OC(=O)c1ccccc1SCC(=O)NC12CC3CC(CC(C3)C1)C2)C(=O)c1c[nH]c2ncccc12. The number of aromatic nitrogens is 2. The van der Waals surface area contributed by atoms with E-state index < -0.39 is 12.1 Å². The first-order valence-electron chi connectivity index (χ1n) is 13.1. The minimum atomic E-state index is -0.968. The molecule has 8 heteroatoms. The van der Waals surface area contributed by atoms with Gasteiger partial charge in [-0.3, -0.25) is 9.59 Å². The standard InChI is InChI=1S/C29H31N3O4S/c1-17(26(34)23-15-31-27-21(23)6-4-8-30-27)36-28(35)22-5-2-3-7-24(22)37-16-25(33)32-29-12-18-9-19(13-29)11-20(10-18)14-29/h2-8,15,17-20H,9-14,16H2,1H3,(H,30,31)(H,32,33). The van der Waals surface area contributed by atoms with Crippen LogP contribution < -0.4 is 5.32 Å². The van der Waals surface area contributed by atoms with Crippen LogP contribution in [0.2, 0.25) is 0 Å². The second-order valence-electron chi connectivity index (χ2n) is 11.0. The molecule has 2 N–H and O–H groups in total. The molecule has 0 radical (unpaired) electrons. The zero-order valence-electron chi connectivity index (χ0n) is 20.9. The molecular formula is C29H31N3O4S. The van der Waals surface area contributed by atoms with Crippen molar-refractivity contribution in [2.75, 3.05) is 5.75 Å². The predicted octanol–water partition coefficient (Wildman–Crippen LogP) is 5.17. The number of hydrogen-bond donors (Lipinski definition) is 2. The van der Waals surface area contributed by atoms with Crippen LogP contribution in [-0.4, -0.2) is 45.0 Å². The normalized spacial score (nSPS) is 26.7. The van der Waals surface area contributed by atoms with E-state index in [0.717, 1.165) is 37.0 Å². The quantitative estimate of drug-likeness (QED) is 0.243. The highest BCUT2D eigenvalue weighted by Gasteiger charge is 2.51. The maximum Gasteiger partial charge on any atom is 0.339 e. The Morgan fingerprint density at radius 1 is 1.05 bits per heavy atom. The summed E-state index contributed by atoms with van der Waals surface area (Å²) in [6.07, 6.45) is 9.59. The Kier molecular flexibility index (Phi) is 6.31. The number of nitrogens with zero attached hydrogens (tertiary/aromatic N) is 1. The smallest absolute Gasteiger partial charge is 0.339 e. The monoisotopic (exact) mass is 517 g/mol. The molecule has 192 valence electrons. The summed E-state index contributed by atoms with van der Waals surface area (Å²) >= 11 is 1.34. The molecule has 4 aliphatic rings. The molecular weight excluding hydrogens is 486 g/mol. The Morgan fingerprint density at radius 3 is 2.49 bits per heavy atom. The Hall–Kier alpha value is -3.13. The minimum absolute atomic E-state index is 0.0200. The molecule has 1 unspecified atom stereocenters. The largest absolute Gasteiger partial charge is 0.451 e. The fourth-order valence-electron chi connectivity index (χ4n) is 7.16. The molecule has 2 aromatic heterocycles. The molecule has 7 nitrogen and oxygen atoms in total. The third kappa shape index (κ3) is 4.79. The molecule has 4 fully saturated rings. The lowest BCUT2D eigenvalue weighted by Gasteiger charge is -2.56. The summed E-state index contributed by atoms with van der Waals surface area (Å²) in [7, 11) is 0. The third-order valence-corrected chi connectivity index (χ3v) is 9.35. The first-order valence-corrected chi connectivity index (χ1v) is 14.1. The summed E-state index contributed by atoms with van der Waals surface area (Å²) in [5, 5.41) is 4.08. The number of H-pyrrole nitrogens is 1. The molecule has 4 aliphatic carbocycles. The summed E-state index contributed by atoms with van der Waals surface area (Å²) in [5.74, 6) is 1.67. The lowest BCUT2D eigenvalue weighted by atomic mass is 9.53. The van der Waals surface area contributed by atoms with Crippen molar-refractivity contribution in [1.29, 1.82) is 0 Å². The third-order valence-electron chi connectivity index (χ3n) is 8.28. The molecule has 1 amide bonds. The molecule has 0 aliphatic heterocycles. The van der Waals surface area contributed by atoms with Gasteiger partial charge in [0, 0.05) is 33.8 Å². The second kappa shape index (κ2) is 9.63. The van der Waals surface area contributed by atoms with Crippen LogP contribution in [-0.2, 0) is 9.53 Å². The number of amides is 1. The number of Topliss-reactive ketones (excluding diaryl/α,β-unsaturated/α-hetero) is 1. The van der Waals surface area contributed by atoms with Gasteiger partial charge < -0.3 is 15.0 Å². The van der Waals surface area contributed by atoms with Gasteiger partial charge in [-0.05, 0) is 87.5 Å². The average molecular weight is 518 g/mol. The van der Waals surface area contributed by atoms with E-state index in [4.69, 9.17) is 4.74 Å². The highest BCUT2D eigenvalue weighted by Crippen LogP contribution is 2.55. The van der Waals surface area contributed by atoms with Crippen molar-refractivity contribution in [2.45, 2.75) is 62.0 Å². The molecule has 4 bridgehead atoms. The van der Waals surface area contributed by atoms with Crippen LogP contribution in [0.15, 0.2) is 53.7 Å². The van der Waals surface area contributed by atoms with Gasteiger partial charge in [-0.25, -0.2) is 9.78 Å². The van der Waals surface area contributed by atoms with Crippen molar-refractivity contribution < 1.29 is 19.1 Å². The summed E-state index contributed by atoms with van der Waals surface area (Å²) in [5.41, 5.74) is 1.37. The fourth-order valence-corrected chi connectivity index (χ4v) is 8.00. The molecule has 1 aromatic carbocycles. The van der Waals surface area contributed by atoms with Crippen molar-refractivity contribution in [3.8, 4) is 0 Å². The summed E-state index contributed by atoms with van der Waals surface area (Å²) in [6.45, 7) is 1.57. The van der Waals surface area contributed by atoms with Crippen LogP contribution in [0, 0.1) is 17.8 Å². The summed E-state index contributed by atoms with van der Waals surface area (Å²) in [6, 6.07) is 10.7. The van der Waals surface area contributed by atoms with Crippen molar-refractivity contribution in [3.63, 3.8) is 0 Å². The number of ether oxygens (including phenoxy) is 1. The van der Waals surface area contributed by atoms with E-state index in [2.05, 4.69) is 15.3 Å². The van der Waals surface area contributed by atoms with Crippen molar-refractivity contribution in [2.24, 2.45) is 17.8 Å². The number of carbonyl (C=O) groups excluding carboxylic acids is 3. The first kappa shape index (κ1) is 24.2.